The fraction of sp³-hybridized carbons (Fsp3) is 0.227. The predicted octanol–water partition coefficient (Wildman–Crippen LogP) is 4.24. The fourth-order valence-electron chi connectivity index (χ4n) is 4.05. The number of hydrogen-bond acceptors (Lipinski definition) is 4. The number of amides is 1. The first-order valence-electron chi connectivity index (χ1n) is 9.65. The van der Waals surface area contributed by atoms with Crippen LogP contribution in [-0.2, 0) is 17.4 Å². The van der Waals surface area contributed by atoms with Crippen molar-refractivity contribution in [1.29, 1.82) is 0 Å². The molecule has 1 atom stereocenters. The molecular formula is C22H18Cl2F2N4O2. The van der Waals surface area contributed by atoms with E-state index in [0.29, 0.717) is 0 Å². The van der Waals surface area contributed by atoms with Crippen molar-refractivity contribution in [2.45, 2.75) is 12.0 Å². The number of aromatic nitrogens is 2. The minimum Gasteiger partial charge on any atom is -0.371 e. The average Bonchev–Trinajstić information content (AvgIpc) is 3.19. The number of carbonyl (C=O) groups excluding carboxylic acids is 1. The molecule has 6 nitrogen and oxygen atoms in total. The summed E-state index contributed by atoms with van der Waals surface area (Å²) in [5.74, 6) is -1.70. The lowest BCUT2D eigenvalue weighted by atomic mass is 9.87. The summed E-state index contributed by atoms with van der Waals surface area (Å²) in [6.07, 6.45) is 2.67. The lowest BCUT2D eigenvalue weighted by Crippen LogP contribution is -2.41. The van der Waals surface area contributed by atoms with E-state index in [9.17, 15) is 9.59 Å². The molecule has 1 aromatic heterocycles. The molecule has 2 aromatic carbocycles. The number of likely N-dealkylation sites (tertiary alicyclic amines) is 1. The molecule has 32 heavy (non-hydrogen) atoms. The number of fused-ring (bicyclic) bond motifs is 1. The molecule has 0 aliphatic carbocycles. The molecule has 166 valence electrons. The standard InChI is InChI=1S/C22H18Cl2F2N4O2/c1-3-18(31)30-7-6-22(10-30,19-14(25)5-4-13(23)20(19)24)28-17-8-12-16(9-15(17)26)27-11-29(2)21(12)32/h3-5,8-9,11,28H,1,6-7,10H2,2H3. The van der Waals surface area contributed by atoms with Crippen molar-refractivity contribution >= 4 is 45.7 Å². The first-order valence-corrected chi connectivity index (χ1v) is 10.4. The van der Waals surface area contributed by atoms with Crippen LogP contribution >= 0.6 is 23.2 Å². The molecule has 1 aliphatic heterocycles. The van der Waals surface area contributed by atoms with Crippen LogP contribution in [0.2, 0.25) is 10.0 Å². The maximum Gasteiger partial charge on any atom is 0.260 e. The molecule has 0 spiro atoms. The van der Waals surface area contributed by atoms with E-state index in [4.69, 9.17) is 23.2 Å². The SMILES string of the molecule is C=CC(=O)N1CCC(Nc2cc3c(=O)n(C)cnc3cc2F)(c2c(F)ccc(Cl)c2Cl)C1. The second-order valence-corrected chi connectivity index (χ2v) is 8.43. The van der Waals surface area contributed by atoms with Gasteiger partial charge in [0.2, 0.25) is 5.91 Å². The van der Waals surface area contributed by atoms with Crippen molar-refractivity contribution < 1.29 is 13.6 Å². The molecule has 4 rings (SSSR count). The molecule has 1 saturated heterocycles. The van der Waals surface area contributed by atoms with E-state index in [2.05, 4.69) is 16.9 Å². The number of anilines is 1. The van der Waals surface area contributed by atoms with Gasteiger partial charge in [0.15, 0.2) is 0 Å². The van der Waals surface area contributed by atoms with Gasteiger partial charge in [-0.2, -0.15) is 0 Å². The molecule has 0 saturated carbocycles. The summed E-state index contributed by atoms with van der Waals surface area (Å²) in [5.41, 5.74) is -1.51. The summed E-state index contributed by atoms with van der Waals surface area (Å²) in [7, 11) is 1.53. The van der Waals surface area contributed by atoms with Gasteiger partial charge in [0.25, 0.3) is 5.56 Å². The monoisotopic (exact) mass is 478 g/mol. The molecule has 1 fully saturated rings. The van der Waals surface area contributed by atoms with Crippen molar-refractivity contribution in [3.05, 3.63) is 80.8 Å². The Kier molecular flexibility index (Phi) is 5.68. The average molecular weight is 479 g/mol. The van der Waals surface area contributed by atoms with Crippen LogP contribution in [0.3, 0.4) is 0 Å². The van der Waals surface area contributed by atoms with E-state index in [0.717, 1.165) is 12.1 Å². The van der Waals surface area contributed by atoms with Crippen molar-refractivity contribution in [2.24, 2.45) is 7.05 Å². The van der Waals surface area contributed by atoms with E-state index < -0.39 is 17.2 Å². The van der Waals surface area contributed by atoms with Gasteiger partial charge in [-0.25, -0.2) is 13.8 Å². The number of hydrogen-bond donors (Lipinski definition) is 1. The van der Waals surface area contributed by atoms with E-state index in [1.54, 1.807) is 0 Å². The van der Waals surface area contributed by atoms with Crippen LogP contribution in [0.25, 0.3) is 10.9 Å². The molecule has 10 heteroatoms. The highest BCUT2D eigenvalue weighted by Crippen LogP contribution is 2.43. The predicted molar refractivity (Wildman–Crippen MR) is 120 cm³/mol. The number of halogens is 4. The van der Waals surface area contributed by atoms with Crippen LogP contribution in [-0.4, -0.2) is 33.4 Å². The Morgan fingerprint density at radius 1 is 1.28 bits per heavy atom. The van der Waals surface area contributed by atoms with Crippen LogP contribution < -0.4 is 10.9 Å². The van der Waals surface area contributed by atoms with Crippen molar-refractivity contribution in [3.63, 3.8) is 0 Å². The number of nitrogens with one attached hydrogen (secondary N) is 1. The summed E-state index contributed by atoms with van der Waals surface area (Å²) in [4.78, 5) is 30.3. The van der Waals surface area contributed by atoms with Gasteiger partial charge in [-0.15, -0.1) is 0 Å². The van der Waals surface area contributed by atoms with Gasteiger partial charge in [-0.3, -0.25) is 9.59 Å². The van der Waals surface area contributed by atoms with Crippen LogP contribution in [0.15, 0.2) is 48.0 Å². The van der Waals surface area contributed by atoms with Gasteiger partial charge in [-0.1, -0.05) is 29.8 Å². The zero-order chi connectivity index (χ0) is 23.2. The molecule has 0 radical (unpaired) electrons. The normalized spacial score (nSPS) is 18.2. The Hall–Kier alpha value is -2.97. The smallest absolute Gasteiger partial charge is 0.260 e. The van der Waals surface area contributed by atoms with Gasteiger partial charge >= 0.3 is 0 Å². The van der Waals surface area contributed by atoms with Crippen molar-refractivity contribution in [3.8, 4) is 0 Å². The van der Waals surface area contributed by atoms with Gasteiger partial charge in [-0.05, 0) is 30.7 Å². The van der Waals surface area contributed by atoms with Gasteiger partial charge in [0.05, 0.1) is 38.5 Å². The first kappa shape index (κ1) is 22.2. The third kappa shape index (κ3) is 3.63. The highest BCUT2D eigenvalue weighted by molar-refractivity contribution is 6.42. The Morgan fingerprint density at radius 3 is 2.75 bits per heavy atom. The van der Waals surface area contributed by atoms with Gasteiger partial charge < -0.3 is 14.8 Å². The lowest BCUT2D eigenvalue weighted by molar-refractivity contribution is -0.125. The number of aryl methyl sites for hydroxylation is 1. The maximum absolute atomic E-state index is 15.0. The molecule has 1 aliphatic rings. The maximum atomic E-state index is 15.0. The zero-order valence-corrected chi connectivity index (χ0v) is 18.5. The Balaban J connectivity index is 1.90. The van der Waals surface area contributed by atoms with Crippen molar-refractivity contribution in [1.82, 2.24) is 14.5 Å². The van der Waals surface area contributed by atoms with E-state index in [-0.39, 0.29) is 63.2 Å². The molecule has 0 bridgehead atoms. The van der Waals surface area contributed by atoms with Crippen LogP contribution in [0.1, 0.15) is 12.0 Å². The number of benzene rings is 2. The Labute approximate surface area is 192 Å². The van der Waals surface area contributed by atoms with E-state index in [1.165, 1.54) is 41.0 Å². The Bertz CT molecular complexity index is 1330. The second kappa shape index (κ2) is 8.18. The third-order valence-corrected chi connectivity index (χ3v) is 6.46. The van der Waals surface area contributed by atoms with Gasteiger partial charge in [0.1, 0.15) is 11.6 Å². The summed E-state index contributed by atoms with van der Waals surface area (Å²) >= 11 is 12.5. The highest BCUT2D eigenvalue weighted by Gasteiger charge is 2.45. The molecule has 2 heterocycles. The zero-order valence-electron chi connectivity index (χ0n) is 17.0. The quantitative estimate of drug-likeness (QED) is 0.449. The molecule has 1 unspecified atom stereocenters. The minimum atomic E-state index is -1.30. The summed E-state index contributed by atoms with van der Waals surface area (Å²) in [5, 5.41) is 3.30. The van der Waals surface area contributed by atoms with Gasteiger partial charge in [0, 0.05) is 31.8 Å². The number of nitrogens with zero attached hydrogens (tertiary/aromatic N) is 3. The minimum absolute atomic E-state index is 0.0165. The summed E-state index contributed by atoms with van der Waals surface area (Å²) < 4.78 is 31.4. The molecule has 1 N–H and O–H groups in total. The highest BCUT2D eigenvalue weighted by atomic mass is 35.5. The summed E-state index contributed by atoms with van der Waals surface area (Å²) in [6.45, 7) is 3.72. The van der Waals surface area contributed by atoms with Crippen LogP contribution in [0.5, 0.6) is 0 Å². The molecule has 1 amide bonds. The topological polar surface area (TPSA) is 67.2 Å². The lowest BCUT2D eigenvalue weighted by Gasteiger charge is -2.33. The van der Waals surface area contributed by atoms with Crippen LogP contribution in [0.4, 0.5) is 14.5 Å². The molecular weight excluding hydrogens is 461 g/mol. The fourth-order valence-corrected chi connectivity index (χ4v) is 4.54. The Morgan fingerprint density at radius 2 is 2.03 bits per heavy atom. The second-order valence-electron chi connectivity index (χ2n) is 7.65. The number of carbonyl (C=O) groups is 1. The first-order chi connectivity index (χ1) is 15.2. The van der Waals surface area contributed by atoms with E-state index in [1.807, 2.05) is 0 Å². The third-order valence-electron chi connectivity index (χ3n) is 5.66. The van der Waals surface area contributed by atoms with Crippen molar-refractivity contribution in [2.75, 3.05) is 18.4 Å². The van der Waals surface area contributed by atoms with Crippen LogP contribution in [0, 0.1) is 11.6 Å². The number of rotatable bonds is 4. The van der Waals surface area contributed by atoms with E-state index >= 15 is 8.78 Å². The summed E-state index contributed by atoms with van der Waals surface area (Å²) in [6, 6.07) is 4.95. The molecule has 3 aromatic rings. The largest absolute Gasteiger partial charge is 0.371 e.